The molecule has 1 heterocycles. The fourth-order valence-corrected chi connectivity index (χ4v) is 2.23. The summed E-state index contributed by atoms with van der Waals surface area (Å²) in [6.45, 7) is 0. The van der Waals surface area contributed by atoms with Crippen molar-refractivity contribution in [3.05, 3.63) is 62.6 Å². The Balaban J connectivity index is 2.27. The van der Waals surface area contributed by atoms with Crippen LogP contribution in [0, 0.1) is 5.82 Å². The minimum absolute atomic E-state index is 0.0671. The normalized spacial score (nSPS) is 10.9. The van der Waals surface area contributed by atoms with Gasteiger partial charge in [0, 0.05) is 5.56 Å². The highest BCUT2D eigenvalue weighted by molar-refractivity contribution is 6.42. The molecule has 0 spiro atoms. The highest BCUT2D eigenvalue weighted by Gasteiger charge is 2.11. The maximum Gasteiger partial charge on any atom is 0.259 e. The average Bonchev–Trinajstić information content (AvgIpc) is 2.44. The molecule has 0 atom stereocenters. The van der Waals surface area contributed by atoms with Crippen molar-refractivity contribution in [2.24, 2.45) is 0 Å². The molecule has 20 heavy (non-hydrogen) atoms. The van der Waals surface area contributed by atoms with Gasteiger partial charge >= 0.3 is 0 Å². The van der Waals surface area contributed by atoms with Crippen LogP contribution in [0.1, 0.15) is 0 Å². The molecular formula is C14H7Cl2FN2O. The molecule has 0 aliphatic rings. The maximum atomic E-state index is 13.6. The molecule has 0 saturated heterocycles. The molecule has 0 unspecified atom stereocenters. The van der Waals surface area contributed by atoms with Crippen molar-refractivity contribution in [3.63, 3.8) is 0 Å². The van der Waals surface area contributed by atoms with E-state index in [1.807, 2.05) is 0 Å². The van der Waals surface area contributed by atoms with Gasteiger partial charge in [-0.1, -0.05) is 35.3 Å². The van der Waals surface area contributed by atoms with Crippen LogP contribution in [0.25, 0.3) is 22.3 Å². The van der Waals surface area contributed by atoms with Crippen molar-refractivity contribution in [2.75, 3.05) is 0 Å². The van der Waals surface area contributed by atoms with E-state index in [4.69, 9.17) is 23.2 Å². The molecule has 2 aromatic carbocycles. The lowest BCUT2D eigenvalue weighted by Crippen LogP contribution is -2.09. The molecule has 0 amide bonds. The number of para-hydroxylation sites is 1. The largest absolute Gasteiger partial charge is 0.306 e. The van der Waals surface area contributed by atoms with Crippen LogP contribution in [0.15, 0.2) is 41.2 Å². The Morgan fingerprint density at radius 3 is 2.65 bits per heavy atom. The quantitative estimate of drug-likeness (QED) is 0.690. The number of aromatic nitrogens is 2. The zero-order valence-electron chi connectivity index (χ0n) is 9.95. The lowest BCUT2D eigenvalue weighted by molar-refractivity contribution is 0.628. The van der Waals surface area contributed by atoms with E-state index in [0.717, 1.165) is 0 Å². The van der Waals surface area contributed by atoms with Gasteiger partial charge in [0.2, 0.25) is 0 Å². The summed E-state index contributed by atoms with van der Waals surface area (Å²) in [4.78, 5) is 18.9. The number of halogens is 3. The van der Waals surface area contributed by atoms with E-state index in [2.05, 4.69) is 9.97 Å². The van der Waals surface area contributed by atoms with Crippen molar-refractivity contribution >= 4 is 34.1 Å². The molecule has 3 nitrogen and oxygen atoms in total. The molecule has 0 aliphatic heterocycles. The molecule has 3 rings (SSSR count). The lowest BCUT2D eigenvalue weighted by Gasteiger charge is -2.05. The minimum Gasteiger partial charge on any atom is -0.306 e. The number of H-pyrrole nitrogens is 1. The summed E-state index contributed by atoms with van der Waals surface area (Å²) < 4.78 is 13.6. The molecular weight excluding hydrogens is 302 g/mol. The van der Waals surface area contributed by atoms with Crippen LogP contribution in [0.2, 0.25) is 10.0 Å². The van der Waals surface area contributed by atoms with E-state index in [-0.39, 0.29) is 21.4 Å². The molecule has 1 N–H and O–H groups in total. The predicted molar refractivity (Wildman–Crippen MR) is 77.8 cm³/mol. The zero-order valence-corrected chi connectivity index (χ0v) is 11.5. The van der Waals surface area contributed by atoms with Crippen LogP contribution in [0.4, 0.5) is 4.39 Å². The Bertz CT molecular complexity index is 853. The first kappa shape index (κ1) is 13.1. The monoisotopic (exact) mass is 308 g/mol. The summed E-state index contributed by atoms with van der Waals surface area (Å²) in [5.41, 5.74) is 0.592. The van der Waals surface area contributed by atoms with Gasteiger partial charge in [0.15, 0.2) is 0 Å². The van der Waals surface area contributed by atoms with Crippen molar-refractivity contribution in [2.45, 2.75) is 0 Å². The minimum atomic E-state index is -0.662. The van der Waals surface area contributed by atoms with E-state index in [0.29, 0.717) is 16.5 Å². The van der Waals surface area contributed by atoms with Crippen LogP contribution >= 0.6 is 23.2 Å². The number of hydrogen-bond acceptors (Lipinski definition) is 2. The van der Waals surface area contributed by atoms with E-state index in [1.165, 1.54) is 12.1 Å². The number of hydrogen-bond donors (Lipinski definition) is 1. The summed E-state index contributed by atoms with van der Waals surface area (Å²) in [6, 6.07) is 9.54. The predicted octanol–water partition coefficient (Wildman–Crippen LogP) is 4.04. The van der Waals surface area contributed by atoms with Gasteiger partial charge in [-0.2, -0.15) is 0 Å². The second-order valence-corrected chi connectivity index (χ2v) is 4.97. The van der Waals surface area contributed by atoms with Gasteiger partial charge in [-0.25, -0.2) is 9.37 Å². The van der Waals surface area contributed by atoms with Crippen molar-refractivity contribution in [1.82, 2.24) is 9.97 Å². The Hall–Kier alpha value is -1.91. The second-order valence-electron chi connectivity index (χ2n) is 4.19. The van der Waals surface area contributed by atoms with Gasteiger partial charge in [-0.3, -0.25) is 4.79 Å². The molecule has 3 aromatic rings. The van der Waals surface area contributed by atoms with Crippen molar-refractivity contribution in [1.29, 1.82) is 0 Å². The first-order valence-electron chi connectivity index (χ1n) is 5.70. The topological polar surface area (TPSA) is 45.8 Å². The fourth-order valence-electron chi connectivity index (χ4n) is 1.92. The molecule has 6 heteroatoms. The standard InChI is InChI=1S/C14H7Cl2FN2O/c15-9-5-7(6-10(17)12(9)16)13-18-11-4-2-1-3-8(11)14(20)19-13/h1-6H,(H,18,19,20). The van der Waals surface area contributed by atoms with Crippen LogP contribution in [-0.4, -0.2) is 9.97 Å². The lowest BCUT2D eigenvalue weighted by atomic mass is 10.2. The summed E-state index contributed by atoms with van der Waals surface area (Å²) in [6.07, 6.45) is 0. The molecule has 0 bridgehead atoms. The van der Waals surface area contributed by atoms with Crippen molar-refractivity contribution in [3.8, 4) is 11.4 Å². The summed E-state index contributed by atoms with van der Waals surface area (Å²) in [7, 11) is 0. The van der Waals surface area contributed by atoms with Gasteiger partial charge in [-0.15, -0.1) is 0 Å². The number of rotatable bonds is 1. The number of nitrogens with zero attached hydrogens (tertiary/aromatic N) is 1. The third-order valence-electron chi connectivity index (χ3n) is 2.87. The first-order valence-corrected chi connectivity index (χ1v) is 6.46. The average molecular weight is 309 g/mol. The SMILES string of the molecule is O=c1[nH]c(-c2cc(F)c(Cl)c(Cl)c2)nc2ccccc12. The second kappa shape index (κ2) is 4.89. The van der Waals surface area contributed by atoms with Crippen LogP contribution < -0.4 is 5.56 Å². The van der Waals surface area contributed by atoms with E-state index >= 15 is 0 Å². The molecule has 100 valence electrons. The molecule has 0 radical (unpaired) electrons. The summed E-state index contributed by atoms with van der Waals surface area (Å²) >= 11 is 11.5. The molecule has 0 saturated carbocycles. The van der Waals surface area contributed by atoms with Gasteiger partial charge in [-0.05, 0) is 24.3 Å². The fraction of sp³-hybridized carbons (Fsp3) is 0. The Kier molecular flexibility index (Phi) is 3.20. The van der Waals surface area contributed by atoms with E-state index in [1.54, 1.807) is 24.3 Å². The Morgan fingerprint density at radius 2 is 1.90 bits per heavy atom. The first-order chi connectivity index (χ1) is 9.56. The Morgan fingerprint density at radius 1 is 1.15 bits per heavy atom. The van der Waals surface area contributed by atoms with Crippen LogP contribution in [0.3, 0.4) is 0 Å². The third kappa shape index (κ3) is 2.17. The summed E-state index contributed by atoms with van der Waals surface area (Å²) in [5.74, 6) is -0.420. The highest BCUT2D eigenvalue weighted by Crippen LogP contribution is 2.29. The van der Waals surface area contributed by atoms with E-state index in [9.17, 15) is 9.18 Å². The Labute approximate surface area is 123 Å². The third-order valence-corrected chi connectivity index (χ3v) is 3.65. The number of fused-ring (bicyclic) bond motifs is 1. The van der Waals surface area contributed by atoms with Crippen molar-refractivity contribution < 1.29 is 4.39 Å². The number of aromatic amines is 1. The molecule has 1 aromatic heterocycles. The van der Waals surface area contributed by atoms with Gasteiger partial charge in [0.1, 0.15) is 11.6 Å². The molecule has 0 fully saturated rings. The maximum absolute atomic E-state index is 13.6. The van der Waals surface area contributed by atoms with Crippen LogP contribution in [0.5, 0.6) is 0 Å². The zero-order chi connectivity index (χ0) is 14.3. The van der Waals surface area contributed by atoms with Crippen LogP contribution in [-0.2, 0) is 0 Å². The van der Waals surface area contributed by atoms with Gasteiger partial charge in [0.25, 0.3) is 5.56 Å². The smallest absolute Gasteiger partial charge is 0.259 e. The van der Waals surface area contributed by atoms with Gasteiger partial charge in [0.05, 0.1) is 20.9 Å². The highest BCUT2D eigenvalue weighted by atomic mass is 35.5. The molecule has 0 aliphatic carbocycles. The summed E-state index contributed by atoms with van der Waals surface area (Å²) in [5, 5.41) is 0.382. The van der Waals surface area contributed by atoms with Gasteiger partial charge < -0.3 is 4.98 Å². The number of benzene rings is 2. The number of nitrogens with one attached hydrogen (secondary N) is 1. The van der Waals surface area contributed by atoms with E-state index < -0.39 is 5.82 Å².